The smallest absolute Gasteiger partial charge is 0.321 e. The van der Waals surface area contributed by atoms with Gasteiger partial charge in [0, 0.05) is 31.0 Å². The number of carbonyl (C=O) groups is 2. The third-order valence-corrected chi connectivity index (χ3v) is 4.67. The largest absolute Gasteiger partial charge is 0.351 e. The first kappa shape index (κ1) is 33.1. The van der Waals surface area contributed by atoms with Gasteiger partial charge < -0.3 is 20.9 Å². The van der Waals surface area contributed by atoms with Crippen LogP contribution >= 0.6 is 12.4 Å². The van der Waals surface area contributed by atoms with Crippen molar-refractivity contribution in [1.82, 2.24) is 16.0 Å². The Morgan fingerprint density at radius 3 is 1.54 bits per heavy atom. The highest BCUT2D eigenvalue weighted by Gasteiger charge is 2.17. The maximum atomic E-state index is 13.1. The van der Waals surface area contributed by atoms with Crippen LogP contribution in [0.3, 0.4) is 0 Å². The molecule has 0 saturated carbocycles. The molecule has 13 heteroatoms. The molecule has 0 aliphatic heterocycles. The minimum Gasteiger partial charge on any atom is -0.351 e. The fourth-order valence-electron chi connectivity index (χ4n) is 3.00. The average Bonchev–Trinajstić information content (AvgIpc) is 2.71. The molecule has 2 aromatic carbocycles. The van der Waals surface area contributed by atoms with Crippen LogP contribution in [0.4, 0.5) is 29.7 Å². The van der Waals surface area contributed by atoms with Gasteiger partial charge >= 0.3 is 12.1 Å². The molecule has 37 heavy (non-hydrogen) atoms. The second-order valence-corrected chi connectivity index (χ2v) is 9.00. The van der Waals surface area contributed by atoms with Gasteiger partial charge in [0.15, 0.2) is 0 Å². The van der Waals surface area contributed by atoms with E-state index in [4.69, 9.17) is 16.6 Å². The van der Waals surface area contributed by atoms with Crippen LogP contribution in [-0.2, 0) is 0 Å². The highest BCUT2D eigenvalue weighted by molar-refractivity contribution is 6.04. The van der Waals surface area contributed by atoms with Gasteiger partial charge in [-0.05, 0) is 82.1 Å². The summed E-state index contributed by atoms with van der Waals surface area (Å²) in [7, 11) is 3.22. The Morgan fingerprint density at radius 2 is 1.22 bits per heavy atom. The van der Waals surface area contributed by atoms with E-state index >= 15 is 0 Å². The van der Waals surface area contributed by atoms with Crippen LogP contribution in [0.15, 0.2) is 36.4 Å². The standard InChI is InChI=1S/C14H21FN4O.C10H13FN4O.ClH/c1-9-8-10(15)6-7-11(9)19(5)12(16)17-13(20)18-14(2,3)4;1-6-5-7(11)3-4-8(6)15(2)9(12)14-10(13)16;/h6-8H,1-5H3,(H3,16,17,18,20);3-5H,1-2H3,(H4,12,13,14,16);1H. The zero-order valence-corrected chi connectivity index (χ0v) is 22.7. The SMILES string of the molecule is Cc1cc(F)ccc1N(C)C(=N)NC(=O)NC(C)(C)C.Cc1cc(F)ccc1N(C)C(=N)NC(N)=O.Cl. The van der Waals surface area contributed by atoms with Crippen molar-refractivity contribution in [2.75, 3.05) is 23.9 Å². The van der Waals surface area contributed by atoms with Crippen molar-refractivity contribution < 1.29 is 18.4 Å². The normalized spacial score (nSPS) is 10.1. The van der Waals surface area contributed by atoms with Gasteiger partial charge in [-0.2, -0.15) is 0 Å². The van der Waals surface area contributed by atoms with E-state index < -0.39 is 12.1 Å². The summed E-state index contributed by atoms with van der Waals surface area (Å²) in [6.07, 6.45) is 0. The number of benzene rings is 2. The molecule has 0 aromatic heterocycles. The van der Waals surface area contributed by atoms with Crippen molar-refractivity contribution in [1.29, 1.82) is 10.8 Å². The highest BCUT2D eigenvalue weighted by Crippen LogP contribution is 2.20. The molecule has 0 atom stereocenters. The van der Waals surface area contributed by atoms with Gasteiger partial charge in [0.2, 0.25) is 11.9 Å². The number of rotatable bonds is 2. The van der Waals surface area contributed by atoms with Crippen molar-refractivity contribution >= 4 is 47.8 Å². The van der Waals surface area contributed by atoms with Crippen LogP contribution < -0.4 is 31.5 Å². The van der Waals surface area contributed by atoms with Crippen molar-refractivity contribution in [2.45, 2.75) is 40.2 Å². The molecule has 0 fully saturated rings. The van der Waals surface area contributed by atoms with E-state index in [1.54, 1.807) is 34.0 Å². The van der Waals surface area contributed by atoms with Crippen molar-refractivity contribution in [2.24, 2.45) is 5.73 Å². The first-order chi connectivity index (χ1) is 16.5. The highest BCUT2D eigenvalue weighted by atomic mass is 35.5. The van der Waals surface area contributed by atoms with Gasteiger partial charge in [-0.3, -0.25) is 21.5 Å². The van der Waals surface area contributed by atoms with Crippen LogP contribution in [0.25, 0.3) is 0 Å². The van der Waals surface area contributed by atoms with E-state index in [0.717, 1.165) is 0 Å². The summed E-state index contributed by atoms with van der Waals surface area (Å²) in [6, 6.07) is 7.19. The van der Waals surface area contributed by atoms with Gasteiger partial charge in [-0.1, -0.05) is 0 Å². The van der Waals surface area contributed by atoms with Crippen LogP contribution in [-0.4, -0.2) is 43.6 Å². The van der Waals surface area contributed by atoms with E-state index in [1.165, 1.54) is 40.1 Å². The number of nitrogens with one attached hydrogen (secondary N) is 5. The number of urea groups is 2. The summed E-state index contributed by atoms with van der Waals surface area (Å²) in [5.74, 6) is -0.919. The molecule has 0 spiro atoms. The molecular formula is C24H35ClF2N8O2. The van der Waals surface area contributed by atoms with Crippen LogP contribution in [0.2, 0.25) is 0 Å². The summed E-state index contributed by atoms with van der Waals surface area (Å²) in [4.78, 5) is 25.1. The molecule has 2 rings (SSSR count). The number of amides is 4. The van der Waals surface area contributed by atoms with Crippen LogP contribution in [0.5, 0.6) is 0 Å². The number of primary amides is 1. The lowest BCUT2D eigenvalue weighted by Crippen LogP contribution is -2.51. The number of guanidine groups is 2. The Balaban J connectivity index is 0.000000698. The molecule has 2 aromatic rings. The number of anilines is 2. The molecule has 0 unspecified atom stereocenters. The molecule has 0 radical (unpaired) electrons. The fourth-order valence-corrected chi connectivity index (χ4v) is 3.00. The van der Waals surface area contributed by atoms with Crippen molar-refractivity contribution in [3.8, 4) is 0 Å². The molecule has 7 N–H and O–H groups in total. The molecule has 0 bridgehead atoms. The minimum absolute atomic E-state index is 0. The average molecular weight is 541 g/mol. The number of nitrogens with two attached hydrogens (primary N) is 1. The van der Waals surface area contributed by atoms with Crippen molar-refractivity contribution in [3.63, 3.8) is 0 Å². The predicted octanol–water partition coefficient (Wildman–Crippen LogP) is 4.20. The lowest BCUT2D eigenvalue weighted by molar-refractivity contribution is 0.236. The van der Waals surface area contributed by atoms with E-state index in [9.17, 15) is 18.4 Å². The summed E-state index contributed by atoms with van der Waals surface area (Å²) in [5, 5.41) is 22.7. The lowest BCUT2D eigenvalue weighted by Gasteiger charge is -2.25. The van der Waals surface area contributed by atoms with Crippen LogP contribution in [0, 0.1) is 36.3 Å². The zero-order valence-electron chi connectivity index (χ0n) is 21.9. The minimum atomic E-state index is -0.809. The van der Waals surface area contributed by atoms with E-state index in [-0.39, 0.29) is 41.5 Å². The first-order valence-electron chi connectivity index (χ1n) is 10.8. The summed E-state index contributed by atoms with van der Waals surface area (Å²) in [6.45, 7) is 9.02. The lowest BCUT2D eigenvalue weighted by atomic mass is 10.1. The molecule has 0 aliphatic carbocycles. The first-order valence-corrected chi connectivity index (χ1v) is 10.8. The Morgan fingerprint density at radius 1 is 0.838 bits per heavy atom. The molecule has 10 nitrogen and oxygen atoms in total. The quantitative estimate of drug-likeness (QED) is 0.250. The van der Waals surface area contributed by atoms with E-state index in [0.29, 0.717) is 22.5 Å². The maximum absolute atomic E-state index is 13.1. The second kappa shape index (κ2) is 14.0. The van der Waals surface area contributed by atoms with Gasteiger partial charge in [0.1, 0.15) is 11.6 Å². The zero-order chi connectivity index (χ0) is 27.8. The second-order valence-electron chi connectivity index (χ2n) is 9.00. The maximum Gasteiger partial charge on any atom is 0.321 e. The topological polar surface area (TPSA) is 150 Å². The molecule has 0 aliphatic rings. The number of hydrogen-bond acceptors (Lipinski definition) is 4. The van der Waals surface area contributed by atoms with E-state index in [1.807, 2.05) is 20.8 Å². The summed E-state index contributed by atoms with van der Waals surface area (Å²) >= 11 is 0. The summed E-state index contributed by atoms with van der Waals surface area (Å²) in [5.41, 5.74) is 7.15. The Kier molecular flexibility index (Phi) is 12.5. The molecule has 204 valence electrons. The number of hydrogen-bond donors (Lipinski definition) is 6. The third-order valence-electron chi connectivity index (χ3n) is 4.67. The molecular weight excluding hydrogens is 506 g/mol. The fraction of sp³-hybridized carbons (Fsp3) is 0.333. The Hall–Kier alpha value is -3.93. The number of aryl methyl sites for hydroxylation is 2. The van der Waals surface area contributed by atoms with Gasteiger partial charge in [0.05, 0.1) is 0 Å². The van der Waals surface area contributed by atoms with Crippen LogP contribution in [0.1, 0.15) is 31.9 Å². The number of halogens is 3. The van der Waals surface area contributed by atoms with Gasteiger partial charge in [0.25, 0.3) is 0 Å². The molecule has 0 saturated heterocycles. The van der Waals surface area contributed by atoms with E-state index in [2.05, 4.69) is 16.0 Å². The monoisotopic (exact) mass is 540 g/mol. The van der Waals surface area contributed by atoms with Gasteiger partial charge in [-0.25, -0.2) is 18.4 Å². The third kappa shape index (κ3) is 11.1. The Bertz CT molecular complexity index is 1140. The number of nitrogens with zero attached hydrogens (tertiary/aromatic N) is 2. The predicted molar refractivity (Wildman–Crippen MR) is 146 cm³/mol. The van der Waals surface area contributed by atoms with Crippen molar-refractivity contribution in [3.05, 3.63) is 59.2 Å². The number of carbonyl (C=O) groups excluding carboxylic acids is 2. The molecule has 4 amide bonds. The van der Waals surface area contributed by atoms with Gasteiger partial charge in [-0.15, -0.1) is 12.4 Å². The molecule has 0 heterocycles. The summed E-state index contributed by atoms with van der Waals surface area (Å²) < 4.78 is 25.9. The Labute approximate surface area is 222 Å².